The van der Waals surface area contributed by atoms with E-state index in [1.165, 1.54) is 16.3 Å². The van der Waals surface area contributed by atoms with Crippen LogP contribution in [0.1, 0.15) is 0 Å². The summed E-state index contributed by atoms with van der Waals surface area (Å²) >= 11 is 0. The summed E-state index contributed by atoms with van der Waals surface area (Å²) in [5.41, 5.74) is 11.3. The van der Waals surface area contributed by atoms with Crippen LogP contribution in [0, 0.1) is 0 Å². The third kappa shape index (κ3) is 4.75. The maximum Gasteiger partial charge on any atom is 0.143 e. The third-order valence-electron chi connectivity index (χ3n) is 10.6. The van der Waals surface area contributed by atoms with Gasteiger partial charge in [0.05, 0.1) is 11.1 Å². The van der Waals surface area contributed by atoms with E-state index >= 15 is 0 Å². The van der Waals surface area contributed by atoms with Gasteiger partial charge in [0.25, 0.3) is 0 Å². The molecule has 0 aliphatic carbocycles. The van der Waals surface area contributed by atoms with Crippen LogP contribution in [0.15, 0.2) is 197 Å². The minimum Gasteiger partial charge on any atom is -0.456 e. The zero-order valence-electron chi connectivity index (χ0n) is 28.7. The lowest BCUT2D eigenvalue weighted by atomic mass is 9.98. The second-order valence-electron chi connectivity index (χ2n) is 13.7. The molecule has 248 valence electrons. The number of anilines is 3. The highest BCUT2D eigenvalue weighted by Crippen LogP contribution is 2.46. The molecule has 0 amide bonds. The average Bonchev–Trinajstić information content (AvgIpc) is 3.80. The Balaban J connectivity index is 1.16. The lowest BCUT2D eigenvalue weighted by Gasteiger charge is -2.27. The van der Waals surface area contributed by atoms with Crippen LogP contribution < -0.4 is 4.90 Å². The van der Waals surface area contributed by atoms with E-state index in [1.54, 1.807) is 0 Å². The molecule has 3 nitrogen and oxygen atoms in total. The summed E-state index contributed by atoms with van der Waals surface area (Å²) in [6.45, 7) is 0. The summed E-state index contributed by atoms with van der Waals surface area (Å²) in [5, 5.41) is 9.15. The van der Waals surface area contributed by atoms with Crippen molar-refractivity contribution in [3.05, 3.63) is 188 Å². The summed E-state index contributed by atoms with van der Waals surface area (Å²) < 4.78 is 13.0. The number of para-hydroxylation sites is 1. The Morgan fingerprint density at radius 2 is 0.962 bits per heavy atom. The molecule has 2 heterocycles. The first-order valence-electron chi connectivity index (χ1n) is 18.0. The van der Waals surface area contributed by atoms with Crippen molar-refractivity contribution in [1.29, 1.82) is 0 Å². The van der Waals surface area contributed by atoms with Gasteiger partial charge < -0.3 is 13.7 Å². The fraction of sp³-hybridized carbons (Fsp3) is 0. The van der Waals surface area contributed by atoms with E-state index in [2.05, 4.69) is 181 Å². The first-order chi connectivity index (χ1) is 26.3. The van der Waals surface area contributed by atoms with Crippen LogP contribution in [0.25, 0.3) is 87.7 Å². The van der Waals surface area contributed by atoms with Crippen molar-refractivity contribution >= 4 is 82.5 Å². The molecular formula is C50H31NO2. The highest BCUT2D eigenvalue weighted by molar-refractivity contribution is 6.20. The molecule has 0 spiro atoms. The molecule has 0 aliphatic rings. The van der Waals surface area contributed by atoms with Gasteiger partial charge in [0.1, 0.15) is 22.3 Å². The Morgan fingerprint density at radius 1 is 0.340 bits per heavy atom. The number of hydrogen-bond acceptors (Lipinski definition) is 3. The van der Waals surface area contributed by atoms with Gasteiger partial charge in [-0.15, -0.1) is 0 Å². The molecule has 3 heteroatoms. The molecule has 11 aromatic rings. The van der Waals surface area contributed by atoms with E-state index in [4.69, 9.17) is 8.83 Å². The van der Waals surface area contributed by atoms with Crippen molar-refractivity contribution in [2.75, 3.05) is 4.90 Å². The molecule has 11 rings (SSSR count). The molecule has 0 saturated carbocycles. The van der Waals surface area contributed by atoms with Gasteiger partial charge in [0, 0.05) is 32.9 Å². The van der Waals surface area contributed by atoms with Gasteiger partial charge in [-0.25, -0.2) is 0 Å². The van der Waals surface area contributed by atoms with Crippen molar-refractivity contribution in [3.63, 3.8) is 0 Å². The Morgan fingerprint density at radius 3 is 1.83 bits per heavy atom. The standard InChI is InChI=1S/C50H31NO2/c1-2-13-34-29-36(26-25-32(34)11-1)35-14-7-16-38(30-35)51(44-21-10-24-47-49(44)43-28-27-33-12-3-4-18-41(33)50(43)53-47)39-17-8-15-37(31-39)40-20-9-23-46-48(40)42-19-5-6-22-45(42)52-46/h1-31H. The van der Waals surface area contributed by atoms with Crippen molar-refractivity contribution in [3.8, 4) is 22.3 Å². The van der Waals surface area contributed by atoms with Gasteiger partial charge >= 0.3 is 0 Å². The largest absolute Gasteiger partial charge is 0.456 e. The number of nitrogens with zero attached hydrogens (tertiary/aromatic N) is 1. The van der Waals surface area contributed by atoms with Crippen LogP contribution in [0.4, 0.5) is 17.1 Å². The van der Waals surface area contributed by atoms with Crippen LogP contribution in [-0.2, 0) is 0 Å². The van der Waals surface area contributed by atoms with Crippen LogP contribution in [0.5, 0.6) is 0 Å². The molecule has 9 aromatic carbocycles. The van der Waals surface area contributed by atoms with Crippen molar-refractivity contribution < 1.29 is 8.83 Å². The lowest BCUT2D eigenvalue weighted by Crippen LogP contribution is -2.10. The van der Waals surface area contributed by atoms with Gasteiger partial charge in [-0.1, -0.05) is 127 Å². The fourth-order valence-corrected chi connectivity index (χ4v) is 8.17. The Labute approximate surface area is 305 Å². The second kappa shape index (κ2) is 11.7. The monoisotopic (exact) mass is 677 g/mol. The normalized spacial score (nSPS) is 11.8. The summed E-state index contributed by atoms with van der Waals surface area (Å²) in [7, 11) is 0. The molecule has 0 bridgehead atoms. The lowest BCUT2D eigenvalue weighted by molar-refractivity contribution is 0.669. The summed E-state index contributed by atoms with van der Waals surface area (Å²) in [5.74, 6) is 0. The van der Waals surface area contributed by atoms with Crippen molar-refractivity contribution in [2.45, 2.75) is 0 Å². The average molecular weight is 678 g/mol. The zero-order valence-corrected chi connectivity index (χ0v) is 28.7. The maximum absolute atomic E-state index is 6.70. The van der Waals surface area contributed by atoms with Gasteiger partial charge in [-0.05, 0) is 99.1 Å². The van der Waals surface area contributed by atoms with Crippen LogP contribution >= 0.6 is 0 Å². The van der Waals surface area contributed by atoms with E-state index < -0.39 is 0 Å². The molecule has 0 unspecified atom stereocenters. The van der Waals surface area contributed by atoms with Gasteiger partial charge in [-0.2, -0.15) is 0 Å². The summed E-state index contributed by atoms with van der Waals surface area (Å²) in [6, 6.07) is 66.9. The van der Waals surface area contributed by atoms with E-state index in [0.29, 0.717) is 0 Å². The molecule has 2 aromatic heterocycles. The predicted octanol–water partition coefficient (Wildman–Crippen LogP) is 14.6. The second-order valence-corrected chi connectivity index (χ2v) is 13.7. The summed E-state index contributed by atoms with van der Waals surface area (Å²) in [4.78, 5) is 2.38. The molecule has 0 atom stereocenters. The van der Waals surface area contributed by atoms with E-state index in [9.17, 15) is 0 Å². The SMILES string of the molecule is c1cc(-c2ccc3ccccc3c2)cc(N(c2cccc(-c3cccc4oc5ccccc5c34)c2)c2cccc3oc4c5ccccc5ccc4c23)c1. The number of furan rings is 2. The van der Waals surface area contributed by atoms with E-state index in [0.717, 1.165) is 88.4 Å². The van der Waals surface area contributed by atoms with Crippen LogP contribution in [0.3, 0.4) is 0 Å². The Bertz CT molecular complexity index is 3200. The quantitative estimate of drug-likeness (QED) is 0.182. The number of fused-ring (bicyclic) bond motifs is 9. The van der Waals surface area contributed by atoms with E-state index in [1.807, 2.05) is 12.1 Å². The first kappa shape index (κ1) is 29.6. The van der Waals surface area contributed by atoms with Crippen LogP contribution in [-0.4, -0.2) is 0 Å². The van der Waals surface area contributed by atoms with Crippen molar-refractivity contribution in [2.24, 2.45) is 0 Å². The first-order valence-corrected chi connectivity index (χ1v) is 18.0. The summed E-state index contributed by atoms with van der Waals surface area (Å²) in [6.07, 6.45) is 0. The Kier molecular flexibility index (Phi) is 6.55. The maximum atomic E-state index is 6.70. The fourth-order valence-electron chi connectivity index (χ4n) is 8.17. The number of benzene rings is 9. The Hall–Kier alpha value is -7.10. The van der Waals surface area contributed by atoms with Gasteiger partial charge in [0.15, 0.2) is 0 Å². The van der Waals surface area contributed by atoms with Crippen molar-refractivity contribution in [1.82, 2.24) is 0 Å². The zero-order chi connectivity index (χ0) is 34.9. The predicted molar refractivity (Wildman–Crippen MR) is 222 cm³/mol. The minimum absolute atomic E-state index is 0.857. The smallest absolute Gasteiger partial charge is 0.143 e. The topological polar surface area (TPSA) is 29.5 Å². The minimum atomic E-state index is 0.857. The number of hydrogen-bond donors (Lipinski definition) is 0. The van der Waals surface area contributed by atoms with Gasteiger partial charge in [-0.3, -0.25) is 0 Å². The van der Waals surface area contributed by atoms with Crippen LogP contribution in [0.2, 0.25) is 0 Å². The molecular weight excluding hydrogens is 647 g/mol. The van der Waals surface area contributed by atoms with E-state index in [-0.39, 0.29) is 0 Å². The molecule has 0 radical (unpaired) electrons. The van der Waals surface area contributed by atoms with Gasteiger partial charge in [0.2, 0.25) is 0 Å². The molecule has 0 N–H and O–H groups in total. The molecule has 53 heavy (non-hydrogen) atoms. The highest BCUT2D eigenvalue weighted by atomic mass is 16.3. The number of rotatable bonds is 5. The third-order valence-corrected chi connectivity index (χ3v) is 10.6. The molecule has 0 aliphatic heterocycles. The molecule has 0 saturated heterocycles. The highest BCUT2D eigenvalue weighted by Gasteiger charge is 2.22. The molecule has 0 fully saturated rings.